The number of pyridine rings is 3. The lowest BCUT2D eigenvalue weighted by Crippen LogP contribution is -2.32. The first-order chi connectivity index (χ1) is 63.3. The van der Waals surface area contributed by atoms with Gasteiger partial charge < -0.3 is 24.4 Å². The number of amides is 8. The molecule has 0 radical (unpaired) electrons. The molecule has 0 saturated carbocycles. The van der Waals surface area contributed by atoms with E-state index in [4.69, 9.17) is 6.57 Å². The van der Waals surface area contributed by atoms with Gasteiger partial charge in [-0.15, -0.1) is 4.98 Å². The van der Waals surface area contributed by atoms with Crippen LogP contribution in [0.1, 0.15) is 204 Å². The molecule has 0 spiro atoms. The molecule has 0 fully saturated rings. The van der Waals surface area contributed by atoms with Crippen molar-refractivity contribution in [3.63, 3.8) is 0 Å². The lowest BCUT2D eigenvalue weighted by Gasteiger charge is -2.19. The molecule has 137 heavy (non-hydrogen) atoms. The number of nitrogens with one attached hydrogen (secondary N) is 4. The molecule has 7 heterocycles. The molecule has 0 atom stereocenters. The second kappa shape index (κ2) is 45.5. The van der Waals surface area contributed by atoms with Crippen LogP contribution in [0.25, 0.3) is 38.2 Å². The van der Waals surface area contributed by atoms with Crippen LogP contribution in [0.4, 0.5) is 23.4 Å². The summed E-state index contributed by atoms with van der Waals surface area (Å²) in [4.78, 5) is 121. The van der Waals surface area contributed by atoms with Crippen LogP contribution in [-0.4, -0.2) is 211 Å². The molecule has 4 aromatic carbocycles. The second-order valence-corrected chi connectivity index (χ2v) is 40.4. The lowest BCUT2D eigenvalue weighted by atomic mass is 9.87. The maximum absolute atomic E-state index is 14.5. The molecule has 0 aliphatic carbocycles. The average Bonchev–Trinajstić information content (AvgIpc) is 1.77. The van der Waals surface area contributed by atoms with Gasteiger partial charge in [0.2, 0.25) is 23.6 Å². The normalized spacial score (nSPS) is 11.4. The quantitative estimate of drug-likeness (QED) is 0.0261. The Labute approximate surface area is 794 Å². The van der Waals surface area contributed by atoms with Gasteiger partial charge in [0.1, 0.15) is 52.2 Å². The average molecular weight is 1970 g/mol. The van der Waals surface area contributed by atoms with Gasteiger partial charge in [-0.05, 0) is 193 Å². The van der Waals surface area contributed by atoms with E-state index in [9.17, 15) is 89.6 Å². The monoisotopic (exact) mass is 1970 g/mol. The van der Waals surface area contributed by atoms with E-state index in [1.807, 2.05) is 88.1 Å². The number of hydrogen-bond acceptors (Lipinski definition) is 23. The van der Waals surface area contributed by atoms with E-state index >= 15 is 0 Å². The summed E-state index contributed by atoms with van der Waals surface area (Å²) in [6.07, 6.45) is 4.90. The van der Waals surface area contributed by atoms with Crippen LogP contribution in [0.2, 0.25) is 0 Å². The predicted molar refractivity (Wildman–Crippen MR) is 505 cm³/mol. The number of aromatic nitrogens is 11. The summed E-state index contributed by atoms with van der Waals surface area (Å²) in [5, 5.41) is 13.7. The zero-order chi connectivity index (χ0) is 102. The summed E-state index contributed by atoms with van der Waals surface area (Å²) in [6.45, 7) is 27.6. The SMILES string of the molecule is C.CC(C)c1cc(F)cc(-c2cccnc2)c1CC(=O)NS(=O)(=O)c1cc(C(=O)N(C)C)n(C)n1.CC(C)c1cc(F)cc(C(C)C)c1CC(=O)NS(=O)(=O)c1cc(C(=O)N(C)C)n(C)n1.Cc1cc(-c2cc(F)cc(C(C)C)c2CC(=O)NS(=O)(=O)c2cc(C(=O)N(C)C)n(C)n2)ccn1.[C-]#[N+]c1cc(-c2cc(F)cc(C(C)C)c2CC(=O)NS(=O)(=O)c2cc(C(=O)N(C)C)n(C)n2)ccn1. The van der Waals surface area contributed by atoms with Gasteiger partial charge in [-0.3, -0.25) is 67.1 Å². The molecule has 0 bridgehead atoms. The summed E-state index contributed by atoms with van der Waals surface area (Å²) in [7, 11) is 0.567. The van der Waals surface area contributed by atoms with Crippen molar-refractivity contribution in [3.8, 4) is 33.4 Å². The Bertz CT molecular complexity index is 6930. The fraction of sp³-hybridized carbons (Fsp3) is 0.355. The fourth-order valence-corrected chi connectivity index (χ4v) is 18.2. The first-order valence-corrected chi connectivity index (χ1v) is 47.9. The summed E-state index contributed by atoms with van der Waals surface area (Å²) in [6, 6.07) is 25.0. The molecule has 0 aliphatic rings. The van der Waals surface area contributed by atoms with Gasteiger partial charge in [0.05, 0.1) is 25.7 Å². The number of halogens is 4. The Balaban J connectivity index is 0.000000249. The zero-order valence-corrected chi connectivity index (χ0v) is 82.5. The van der Waals surface area contributed by atoms with Crippen LogP contribution in [0.3, 0.4) is 0 Å². The van der Waals surface area contributed by atoms with Gasteiger partial charge in [0.15, 0.2) is 20.1 Å². The maximum Gasteiger partial charge on any atom is 0.283 e. The van der Waals surface area contributed by atoms with Crippen molar-refractivity contribution in [1.82, 2.24) is 92.6 Å². The van der Waals surface area contributed by atoms with Crippen LogP contribution in [-0.2, 0) is 113 Å². The third-order valence-electron chi connectivity index (χ3n) is 20.9. The van der Waals surface area contributed by atoms with E-state index in [1.165, 1.54) is 165 Å². The minimum atomic E-state index is -4.40. The van der Waals surface area contributed by atoms with Crippen molar-refractivity contribution in [2.75, 3.05) is 56.4 Å². The maximum atomic E-state index is 14.5. The first-order valence-electron chi connectivity index (χ1n) is 42.0. The lowest BCUT2D eigenvalue weighted by molar-refractivity contribution is -0.119. The van der Waals surface area contributed by atoms with Crippen molar-refractivity contribution in [2.45, 2.75) is 159 Å². The molecule has 0 unspecified atom stereocenters. The standard InChI is InChI=1S/C24H25FN6O4S.C24H28FN5O4S.C23H26FN5O4S.C21H29FN4O4S.CH4/c1-14(2)17-10-16(25)11-18(15-7-8-27-21(9-15)26-3)19(17)12-22(32)29-36(34,35)23-13-20(31(6)28-23)24(33)30(4)5;1-14(2)18-10-17(25)11-19(16-7-8-26-15(3)9-16)20(18)12-22(31)28-35(33,34)23-13-21(30(6)27-23)24(32)29(4)5;1-14(2)17-9-16(24)10-18(15-7-6-8-25-13-15)19(17)11-21(30)27-34(32,33)22-12-20(29(5)26-22)23(31)28(3)4;1-12(2)15-8-14(22)9-16(13(3)4)17(15)10-19(27)24-31(29,30)20-11-18(26(7)23-20)21(28)25(5)6;/h7-11,13-14H,12H2,1-2,4-6H3,(H,29,32);7-11,13-14H,12H2,1-6H3,(H,28,31);6-10,12-14H,11H2,1-5H3,(H,27,30);8-9,11-13H,10H2,1-7H3,(H,24,27);1H4. The van der Waals surface area contributed by atoms with Gasteiger partial charge in [-0.25, -0.2) is 36.5 Å². The van der Waals surface area contributed by atoms with Crippen molar-refractivity contribution in [2.24, 2.45) is 28.2 Å². The Hall–Kier alpha value is -14.1. The number of carbonyl (C=O) groups is 8. The van der Waals surface area contributed by atoms with Crippen LogP contribution >= 0.6 is 0 Å². The molecular formula is C93H112F4N20O16S4. The van der Waals surface area contributed by atoms with Crippen LogP contribution < -0.4 is 18.9 Å². The number of nitrogens with zero attached hydrogens (tertiary/aromatic N) is 16. The second-order valence-electron chi connectivity index (χ2n) is 33.9. The largest absolute Gasteiger partial charge is 0.361 e. The number of rotatable bonds is 28. The van der Waals surface area contributed by atoms with Crippen molar-refractivity contribution >= 4 is 93.2 Å². The van der Waals surface area contributed by atoms with Gasteiger partial charge in [0, 0.05) is 139 Å². The van der Waals surface area contributed by atoms with Gasteiger partial charge >= 0.3 is 0 Å². The van der Waals surface area contributed by atoms with E-state index in [1.54, 1.807) is 55.8 Å². The smallest absolute Gasteiger partial charge is 0.283 e. The van der Waals surface area contributed by atoms with E-state index < -0.39 is 131 Å². The Morgan fingerprint density at radius 3 is 0.876 bits per heavy atom. The van der Waals surface area contributed by atoms with E-state index in [0.29, 0.717) is 89.1 Å². The Morgan fingerprint density at radius 2 is 0.620 bits per heavy atom. The van der Waals surface area contributed by atoms with E-state index in [2.05, 4.69) is 40.2 Å². The highest BCUT2D eigenvalue weighted by atomic mass is 32.2. The number of carbonyl (C=O) groups excluding carboxylic acids is 8. The van der Waals surface area contributed by atoms with Crippen LogP contribution in [0, 0.1) is 36.8 Å². The van der Waals surface area contributed by atoms with Gasteiger partial charge in [-0.2, -0.15) is 54.1 Å². The number of benzene rings is 4. The fourth-order valence-electron chi connectivity index (χ4n) is 14.3. The highest BCUT2D eigenvalue weighted by Crippen LogP contribution is 2.38. The molecule has 11 aromatic rings. The Morgan fingerprint density at radius 1 is 0.365 bits per heavy atom. The van der Waals surface area contributed by atoms with Crippen molar-refractivity contribution in [3.05, 3.63) is 247 Å². The van der Waals surface area contributed by atoms with Crippen LogP contribution in [0.15, 0.2) is 154 Å². The number of hydrogen-bond donors (Lipinski definition) is 4. The van der Waals surface area contributed by atoms with Crippen molar-refractivity contribution in [1.29, 1.82) is 0 Å². The number of sulfonamides is 4. The molecule has 0 saturated heterocycles. The summed E-state index contributed by atoms with van der Waals surface area (Å²) in [5.74, 6) is -7.28. The molecule has 732 valence electrons. The molecule has 11 rings (SSSR count). The molecular weight excluding hydrogens is 1860 g/mol. The summed E-state index contributed by atoms with van der Waals surface area (Å²) >= 11 is 0. The minimum Gasteiger partial charge on any atom is -0.361 e. The first kappa shape index (κ1) is 110. The van der Waals surface area contributed by atoms with E-state index in [0.717, 1.165) is 43.0 Å². The topological polar surface area (TPSA) is 449 Å². The molecule has 0 aliphatic heterocycles. The molecule has 8 amide bonds. The third kappa shape index (κ3) is 27.6. The van der Waals surface area contributed by atoms with Crippen molar-refractivity contribution < 1.29 is 89.6 Å². The zero-order valence-electron chi connectivity index (χ0n) is 79.2. The highest BCUT2D eigenvalue weighted by Gasteiger charge is 2.34. The van der Waals surface area contributed by atoms with E-state index in [-0.39, 0.29) is 91.3 Å². The molecule has 7 aromatic heterocycles. The summed E-state index contributed by atoms with van der Waals surface area (Å²) in [5.41, 5.74) is 9.06. The molecule has 4 N–H and O–H groups in total. The Kier molecular flexibility index (Phi) is 36.5. The van der Waals surface area contributed by atoms with Gasteiger partial charge in [0.25, 0.3) is 69.5 Å². The molecule has 36 nitrogen and oxygen atoms in total. The third-order valence-corrected chi connectivity index (χ3v) is 25.9. The minimum absolute atomic E-state index is 0. The number of aryl methyl sites for hydroxylation is 5. The highest BCUT2D eigenvalue weighted by molar-refractivity contribution is 7.90. The molecule has 44 heteroatoms. The van der Waals surface area contributed by atoms with Gasteiger partial charge in [-0.1, -0.05) is 89.3 Å². The van der Waals surface area contributed by atoms with Crippen LogP contribution in [0.5, 0.6) is 0 Å². The summed E-state index contributed by atoms with van der Waals surface area (Å²) < 4.78 is 173. The predicted octanol–water partition coefficient (Wildman–Crippen LogP) is 11.5.